The average molecular weight is 427 g/mol. The molecule has 0 aliphatic carbocycles. The highest BCUT2D eigenvalue weighted by atomic mass is 35.5. The van der Waals surface area contributed by atoms with Crippen LogP contribution in [0.15, 0.2) is 54.6 Å². The highest BCUT2D eigenvalue weighted by molar-refractivity contribution is 6.30. The van der Waals surface area contributed by atoms with Gasteiger partial charge in [0.25, 0.3) is 5.91 Å². The van der Waals surface area contributed by atoms with Gasteiger partial charge in [-0.25, -0.2) is 9.07 Å². The minimum absolute atomic E-state index is 0.183. The predicted octanol–water partition coefficient (Wildman–Crippen LogP) is 3.73. The molecule has 2 heterocycles. The summed E-state index contributed by atoms with van der Waals surface area (Å²) in [5.41, 5.74) is 2.10. The lowest BCUT2D eigenvalue weighted by molar-refractivity contribution is -0.122. The van der Waals surface area contributed by atoms with Crippen molar-refractivity contribution in [1.82, 2.24) is 20.4 Å². The second kappa shape index (κ2) is 8.67. The topological polar surface area (TPSA) is 76.0 Å². The second-order valence-corrected chi connectivity index (χ2v) is 7.56. The van der Waals surface area contributed by atoms with Crippen LogP contribution in [0.1, 0.15) is 29.8 Å². The van der Waals surface area contributed by atoms with Gasteiger partial charge in [0.1, 0.15) is 17.6 Å². The molecule has 1 aromatic heterocycles. The normalized spacial score (nSPS) is 16.6. The first kappa shape index (κ1) is 20.1. The Kier molecular flexibility index (Phi) is 5.81. The third kappa shape index (κ3) is 4.36. The molecule has 1 saturated heterocycles. The average Bonchev–Trinajstić information content (AvgIpc) is 3.09. The van der Waals surface area contributed by atoms with Gasteiger partial charge in [0.05, 0.1) is 11.4 Å². The van der Waals surface area contributed by atoms with E-state index >= 15 is 0 Å². The van der Waals surface area contributed by atoms with Crippen molar-refractivity contribution in [3.8, 4) is 16.9 Å². The van der Waals surface area contributed by atoms with Crippen molar-refractivity contribution in [2.24, 2.45) is 0 Å². The summed E-state index contributed by atoms with van der Waals surface area (Å²) in [6.45, 7) is 0.614. The summed E-state index contributed by atoms with van der Waals surface area (Å²) in [6.07, 6.45) is 2.31. The third-order valence-corrected chi connectivity index (χ3v) is 5.25. The summed E-state index contributed by atoms with van der Waals surface area (Å²) < 4.78 is 14.8. The van der Waals surface area contributed by atoms with Gasteiger partial charge in [-0.2, -0.15) is 5.10 Å². The molecular weight excluding hydrogens is 407 g/mol. The molecule has 1 unspecified atom stereocenters. The maximum atomic E-state index is 13.3. The number of nitrogens with zero attached hydrogens (tertiary/aromatic N) is 2. The van der Waals surface area contributed by atoms with Crippen LogP contribution >= 0.6 is 11.6 Å². The number of carbonyl (C=O) groups is 2. The molecule has 1 aliphatic heterocycles. The molecule has 0 saturated carbocycles. The molecule has 154 valence electrons. The summed E-state index contributed by atoms with van der Waals surface area (Å²) >= 11 is 5.99. The molecular formula is C22H20ClFN4O2. The van der Waals surface area contributed by atoms with E-state index in [1.54, 1.807) is 42.5 Å². The van der Waals surface area contributed by atoms with E-state index in [1.165, 1.54) is 16.8 Å². The molecule has 0 bridgehead atoms. The van der Waals surface area contributed by atoms with E-state index in [-0.39, 0.29) is 17.4 Å². The van der Waals surface area contributed by atoms with Crippen LogP contribution in [-0.4, -0.2) is 34.2 Å². The van der Waals surface area contributed by atoms with Gasteiger partial charge in [-0.15, -0.1) is 0 Å². The summed E-state index contributed by atoms with van der Waals surface area (Å²) in [5.74, 6) is -0.946. The van der Waals surface area contributed by atoms with Crippen LogP contribution in [0.2, 0.25) is 5.02 Å². The molecule has 1 atom stereocenters. The number of halogens is 2. The minimum atomic E-state index is -0.595. The third-order valence-electron chi connectivity index (χ3n) is 4.99. The summed E-state index contributed by atoms with van der Waals surface area (Å²) in [4.78, 5) is 25.3. The van der Waals surface area contributed by atoms with Crippen LogP contribution in [0.4, 0.5) is 4.39 Å². The lowest BCUT2D eigenvalue weighted by Gasteiger charge is -2.15. The molecule has 3 aromatic rings. The Morgan fingerprint density at radius 1 is 1.13 bits per heavy atom. The Hall–Kier alpha value is -3.19. The van der Waals surface area contributed by atoms with Crippen LogP contribution in [0, 0.1) is 5.82 Å². The largest absolute Gasteiger partial charge is 0.354 e. The van der Waals surface area contributed by atoms with E-state index in [2.05, 4.69) is 15.7 Å². The van der Waals surface area contributed by atoms with E-state index in [0.29, 0.717) is 34.9 Å². The SMILES string of the molecule is O=C(NC1CCCCNC1=O)c1cc(-c2ccc(F)cc2)nn1-c1ccc(Cl)cc1. The van der Waals surface area contributed by atoms with Gasteiger partial charge in [0.2, 0.25) is 5.91 Å². The number of nitrogens with one attached hydrogen (secondary N) is 2. The summed E-state index contributed by atoms with van der Waals surface area (Å²) in [5, 5.41) is 10.7. The Morgan fingerprint density at radius 2 is 1.87 bits per heavy atom. The smallest absolute Gasteiger partial charge is 0.270 e. The maximum absolute atomic E-state index is 13.3. The first-order valence-corrected chi connectivity index (χ1v) is 10.1. The van der Waals surface area contributed by atoms with Gasteiger partial charge in [0, 0.05) is 17.1 Å². The quantitative estimate of drug-likeness (QED) is 0.667. The van der Waals surface area contributed by atoms with E-state index < -0.39 is 11.9 Å². The van der Waals surface area contributed by atoms with Crippen molar-refractivity contribution in [3.63, 3.8) is 0 Å². The number of carbonyl (C=O) groups excluding carboxylic acids is 2. The van der Waals surface area contributed by atoms with Crippen molar-refractivity contribution in [2.45, 2.75) is 25.3 Å². The number of aromatic nitrogens is 2. The van der Waals surface area contributed by atoms with Crippen LogP contribution in [-0.2, 0) is 4.79 Å². The first-order valence-electron chi connectivity index (χ1n) is 9.72. The van der Waals surface area contributed by atoms with E-state index in [4.69, 9.17) is 11.6 Å². The van der Waals surface area contributed by atoms with Crippen LogP contribution in [0.3, 0.4) is 0 Å². The lowest BCUT2D eigenvalue weighted by Crippen LogP contribution is -2.45. The molecule has 1 aliphatic rings. The van der Waals surface area contributed by atoms with Crippen molar-refractivity contribution in [2.75, 3.05) is 6.54 Å². The maximum Gasteiger partial charge on any atom is 0.270 e. The van der Waals surface area contributed by atoms with Crippen LogP contribution in [0.5, 0.6) is 0 Å². The number of hydrogen-bond donors (Lipinski definition) is 2. The lowest BCUT2D eigenvalue weighted by atomic mass is 10.1. The Morgan fingerprint density at radius 3 is 2.60 bits per heavy atom. The molecule has 0 spiro atoms. The number of rotatable bonds is 4. The molecule has 2 aromatic carbocycles. The molecule has 2 N–H and O–H groups in total. The van der Waals surface area contributed by atoms with Gasteiger partial charge in [-0.3, -0.25) is 9.59 Å². The zero-order chi connectivity index (χ0) is 21.1. The van der Waals surface area contributed by atoms with Crippen molar-refractivity contribution >= 4 is 23.4 Å². The zero-order valence-corrected chi connectivity index (χ0v) is 16.8. The fourth-order valence-corrected chi connectivity index (χ4v) is 3.52. The molecule has 2 amide bonds. The van der Waals surface area contributed by atoms with Gasteiger partial charge < -0.3 is 10.6 Å². The molecule has 8 heteroatoms. The van der Waals surface area contributed by atoms with Crippen molar-refractivity contribution in [1.29, 1.82) is 0 Å². The molecule has 0 radical (unpaired) electrons. The van der Waals surface area contributed by atoms with E-state index in [9.17, 15) is 14.0 Å². The molecule has 1 fully saturated rings. The predicted molar refractivity (Wildman–Crippen MR) is 112 cm³/mol. The molecule has 30 heavy (non-hydrogen) atoms. The van der Waals surface area contributed by atoms with Gasteiger partial charge >= 0.3 is 0 Å². The number of benzene rings is 2. The van der Waals surface area contributed by atoms with Gasteiger partial charge in [0.15, 0.2) is 0 Å². The monoisotopic (exact) mass is 426 g/mol. The highest BCUT2D eigenvalue weighted by Gasteiger charge is 2.25. The standard InChI is InChI=1S/C22H20ClFN4O2/c23-15-6-10-17(11-7-15)28-20(13-19(27-28)14-4-8-16(24)9-5-14)22(30)26-18-3-1-2-12-25-21(18)29/h4-11,13,18H,1-3,12H2,(H,25,29)(H,26,30). The fraction of sp³-hybridized carbons (Fsp3) is 0.227. The summed E-state index contributed by atoms with van der Waals surface area (Å²) in [7, 11) is 0. The summed E-state index contributed by atoms with van der Waals surface area (Å²) in [6, 6.07) is 13.8. The zero-order valence-electron chi connectivity index (χ0n) is 16.1. The number of amides is 2. The Labute approximate surface area is 178 Å². The van der Waals surface area contributed by atoms with E-state index in [0.717, 1.165) is 12.8 Å². The fourth-order valence-electron chi connectivity index (χ4n) is 3.39. The first-order chi connectivity index (χ1) is 14.5. The van der Waals surface area contributed by atoms with Crippen molar-refractivity contribution < 1.29 is 14.0 Å². The Bertz CT molecular complexity index is 1060. The minimum Gasteiger partial charge on any atom is -0.354 e. The van der Waals surface area contributed by atoms with Gasteiger partial charge in [-0.05, 0) is 73.9 Å². The second-order valence-electron chi connectivity index (χ2n) is 7.12. The van der Waals surface area contributed by atoms with Crippen LogP contribution in [0.25, 0.3) is 16.9 Å². The Balaban J connectivity index is 1.70. The van der Waals surface area contributed by atoms with Gasteiger partial charge in [-0.1, -0.05) is 11.6 Å². The molecule has 4 rings (SSSR count). The molecule has 6 nitrogen and oxygen atoms in total. The number of hydrogen-bond acceptors (Lipinski definition) is 3. The van der Waals surface area contributed by atoms with Crippen molar-refractivity contribution in [3.05, 3.63) is 71.1 Å². The van der Waals surface area contributed by atoms with Crippen LogP contribution < -0.4 is 10.6 Å². The van der Waals surface area contributed by atoms with E-state index in [1.807, 2.05) is 0 Å². The highest BCUT2D eigenvalue weighted by Crippen LogP contribution is 2.23.